The second-order valence-corrected chi connectivity index (χ2v) is 4.05. The molecular weight excluding hydrogens is 202 g/mol. The van der Waals surface area contributed by atoms with E-state index in [1.165, 1.54) is 5.56 Å². The van der Waals surface area contributed by atoms with Gasteiger partial charge in [0.05, 0.1) is 6.61 Å². The summed E-state index contributed by atoms with van der Waals surface area (Å²) in [6.07, 6.45) is 2.12. The summed E-state index contributed by atoms with van der Waals surface area (Å²) < 4.78 is 4.98. The molecule has 1 aromatic carbocycles. The molecule has 1 rings (SSSR count). The molecule has 3 nitrogen and oxygen atoms in total. The highest BCUT2D eigenvalue weighted by Crippen LogP contribution is 2.11. The Morgan fingerprint density at radius 3 is 2.62 bits per heavy atom. The number of nitrogens with one attached hydrogen (secondary N) is 1. The molecule has 0 unspecified atom stereocenters. The van der Waals surface area contributed by atoms with Crippen molar-refractivity contribution in [1.82, 2.24) is 5.32 Å². The van der Waals surface area contributed by atoms with Gasteiger partial charge in [-0.3, -0.25) is 0 Å². The van der Waals surface area contributed by atoms with Crippen molar-refractivity contribution in [2.45, 2.75) is 25.8 Å². The van der Waals surface area contributed by atoms with Crippen molar-refractivity contribution < 1.29 is 9.84 Å². The van der Waals surface area contributed by atoms with E-state index in [2.05, 4.69) is 12.2 Å². The fourth-order valence-corrected chi connectivity index (χ4v) is 1.56. The molecule has 0 amide bonds. The zero-order valence-corrected chi connectivity index (χ0v) is 10.1. The normalized spacial score (nSPS) is 12.6. The van der Waals surface area contributed by atoms with Crippen LogP contribution in [0.15, 0.2) is 24.3 Å². The number of benzene rings is 1. The van der Waals surface area contributed by atoms with Crippen LogP contribution in [0.5, 0.6) is 5.75 Å². The maximum Gasteiger partial charge on any atom is 0.115 e. The van der Waals surface area contributed by atoms with Crippen LogP contribution in [0.4, 0.5) is 0 Å². The Morgan fingerprint density at radius 1 is 1.31 bits per heavy atom. The van der Waals surface area contributed by atoms with Crippen molar-refractivity contribution in [3.63, 3.8) is 0 Å². The number of aromatic hydroxyl groups is 1. The highest BCUT2D eigenvalue weighted by Gasteiger charge is 2.01. The van der Waals surface area contributed by atoms with Gasteiger partial charge in [-0.1, -0.05) is 12.1 Å². The minimum absolute atomic E-state index is 0.329. The standard InChI is InChI=1S/C13H21NO2/c1-11(14-9-10-16-2)3-4-12-5-7-13(15)8-6-12/h5-8,11,14-15H,3-4,9-10H2,1-2H3/t11-/m1/s1. The van der Waals surface area contributed by atoms with Gasteiger partial charge in [-0.15, -0.1) is 0 Å². The second kappa shape index (κ2) is 7.25. The van der Waals surface area contributed by atoms with Crippen LogP contribution < -0.4 is 5.32 Å². The Bertz CT molecular complexity index is 284. The largest absolute Gasteiger partial charge is 0.508 e. The van der Waals surface area contributed by atoms with Crippen molar-refractivity contribution >= 4 is 0 Å². The summed E-state index contributed by atoms with van der Waals surface area (Å²) in [5, 5.41) is 12.5. The molecule has 0 spiro atoms. The molecule has 3 heteroatoms. The number of ether oxygens (including phenoxy) is 1. The van der Waals surface area contributed by atoms with E-state index in [1.807, 2.05) is 12.1 Å². The fourth-order valence-electron chi connectivity index (χ4n) is 1.56. The van der Waals surface area contributed by atoms with Gasteiger partial charge in [0, 0.05) is 19.7 Å². The number of rotatable bonds is 7. The monoisotopic (exact) mass is 223 g/mol. The topological polar surface area (TPSA) is 41.5 Å². The number of phenolic OH excluding ortho intramolecular Hbond substituents is 1. The highest BCUT2D eigenvalue weighted by molar-refractivity contribution is 5.25. The molecule has 0 aliphatic heterocycles. The minimum Gasteiger partial charge on any atom is -0.508 e. The predicted octanol–water partition coefficient (Wildman–Crippen LogP) is 1.95. The SMILES string of the molecule is COCCN[C@H](C)CCc1ccc(O)cc1. The lowest BCUT2D eigenvalue weighted by atomic mass is 10.1. The minimum atomic E-state index is 0.329. The summed E-state index contributed by atoms with van der Waals surface area (Å²) in [6.45, 7) is 3.83. The van der Waals surface area contributed by atoms with Crippen molar-refractivity contribution in [2.24, 2.45) is 0 Å². The average Bonchev–Trinajstić information content (AvgIpc) is 2.29. The van der Waals surface area contributed by atoms with E-state index in [-0.39, 0.29) is 0 Å². The lowest BCUT2D eigenvalue weighted by molar-refractivity contribution is 0.196. The van der Waals surface area contributed by atoms with Crippen LogP contribution >= 0.6 is 0 Å². The van der Waals surface area contributed by atoms with Gasteiger partial charge in [-0.25, -0.2) is 0 Å². The van der Waals surface area contributed by atoms with Crippen LogP contribution in [0.2, 0.25) is 0 Å². The molecule has 0 saturated carbocycles. The summed E-state index contributed by atoms with van der Waals surface area (Å²) in [5.41, 5.74) is 1.26. The summed E-state index contributed by atoms with van der Waals surface area (Å²) in [4.78, 5) is 0. The zero-order chi connectivity index (χ0) is 11.8. The maximum absolute atomic E-state index is 9.15. The summed E-state index contributed by atoms with van der Waals surface area (Å²) in [5.74, 6) is 0.329. The van der Waals surface area contributed by atoms with Crippen molar-refractivity contribution in [3.8, 4) is 5.75 Å². The first kappa shape index (κ1) is 13.0. The van der Waals surface area contributed by atoms with Crippen LogP contribution in [0, 0.1) is 0 Å². The van der Waals surface area contributed by atoms with E-state index in [1.54, 1.807) is 19.2 Å². The van der Waals surface area contributed by atoms with Gasteiger partial charge in [0.1, 0.15) is 5.75 Å². The predicted molar refractivity (Wildman–Crippen MR) is 65.8 cm³/mol. The smallest absolute Gasteiger partial charge is 0.115 e. The zero-order valence-electron chi connectivity index (χ0n) is 10.1. The number of phenols is 1. The Morgan fingerprint density at radius 2 is 2.00 bits per heavy atom. The van der Waals surface area contributed by atoms with Crippen LogP contribution in [0.25, 0.3) is 0 Å². The molecule has 0 bridgehead atoms. The Labute approximate surface area is 97.4 Å². The summed E-state index contributed by atoms with van der Waals surface area (Å²) in [6, 6.07) is 7.90. The average molecular weight is 223 g/mol. The number of hydrogen-bond donors (Lipinski definition) is 2. The third-order valence-corrected chi connectivity index (χ3v) is 2.60. The van der Waals surface area contributed by atoms with E-state index in [4.69, 9.17) is 9.84 Å². The molecule has 0 aliphatic carbocycles. The van der Waals surface area contributed by atoms with Gasteiger partial charge in [-0.05, 0) is 37.5 Å². The van der Waals surface area contributed by atoms with Crippen LogP contribution in [0.1, 0.15) is 18.9 Å². The molecule has 0 radical (unpaired) electrons. The molecule has 16 heavy (non-hydrogen) atoms. The second-order valence-electron chi connectivity index (χ2n) is 4.05. The van der Waals surface area contributed by atoms with E-state index < -0.39 is 0 Å². The molecule has 1 aromatic rings. The van der Waals surface area contributed by atoms with Gasteiger partial charge >= 0.3 is 0 Å². The van der Waals surface area contributed by atoms with Gasteiger partial charge < -0.3 is 15.2 Å². The van der Waals surface area contributed by atoms with Crippen molar-refractivity contribution in [1.29, 1.82) is 0 Å². The molecule has 0 fully saturated rings. The molecular formula is C13H21NO2. The summed E-state index contributed by atoms with van der Waals surface area (Å²) >= 11 is 0. The molecule has 0 aromatic heterocycles. The first-order chi connectivity index (χ1) is 7.72. The fraction of sp³-hybridized carbons (Fsp3) is 0.538. The van der Waals surface area contributed by atoms with Crippen molar-refractivity contribution in [3.05, 3.63) is 29.8 Å². The first-order valence-electron chi connectivity index (χ1n) is 5.72. The number of hydrogen-bond acceptors (Lipinski definition) is 3. The highest BCUT2D eigenvalue weighted by atomic mass is 16.5. The Hall–Kier alpha value is -1.06. The molecule has 0 saturated heterocycles. The third-order valence-electron chi connectivity index (χ3n) is 2.60. The molecule has 0 heterocycles. The van der Waals surface area contributed by atoms with Gasteiger partial charge in [-0.2, -0.15) is 0 Å². The molecule has 1 atom stereocenters. The lowest BCUT2D eigenvalue weighted by Gasteiger charge is -2.13. The quantitative estimate of drug-likeness (QED) is 0.694. The maximum atomic E-state index is 9.15. The van der Waals surface area contributed by atoms with Gasteiger partial charge in [0.25, 0.3) is 0 Å². The Balaban J connectivity index is 2.20. The molecule has 0 aliphatic rings. The van der Waals surface area contributed by atoms with E-state index in [0.29, 0.717) is 11.8 Å². The van der Waals surface area contributed by atoms with Crippen LogP contribution in [0.3, 0.4) is 0 Å². The van der Waals surface area contributed by atoms with Gasteiger partial charge in [0.2, 0.25) is 0 Å². The summed E-state index contributed by atoms with van der Waals surface area (Å²) in [7, 11) is 1.71. The van der Waals surface area contributed by atoms with Crippen LogP contribution in [-0.2, 0) is 11.2 Å². The van der Waals surface area contributed by atoms with Crippen molar-refractivity contribution in [2.75, 3.05) is 20.3 Å². The van der Waals surface area contributed by atoms with Gasteiger partial charge in [0.15, 0.2) is 0 Å². The van der Waals surface area contributed by atoms with E-state index in [0.717, 1.165) is 26.0 Å². The molecule has 90 valence electrons. The number of aryl methyl sites for hydroxylation is 1. The molecule has 2 N–H and O–H groups in total. The first-order valence-corrected chi connectivity index (χ1v) is 5.72. The number of methoxy groups -OCH3 is 1. The lowest BCUT2D eigenvalue weighted by Crippen LogP contribution is -2.29. The van der Waals surface area contributed by atoms with E-state index in [9.17, 15) is 0 Å². The van der Waals surface area contributed by atoms with Crippen LogP contribution in [-0.4, -0.2) is 31.4 Å². The third kappa shape index (κ3) is 5.14. The van der Waals surface area contributed by atoms with E-state index >= 15 is 0 Å². The Kier molecular flexibility index (Phi) is 5.90.